The monoisotopic (exact) mass is 378 g/mol. The second-order valence-electron chi connectivity index (χ2n) is 5.69. The summed E-state index contributed by atoms with van der Waals surface area (Å²) in [5, 5.41) is 12.2. The summed E-state index contributed by atoms with van der Waals surface area (Å²) in [6, 6.07) is 12.6. The van der Waals surface area contributed by atoms with Crippen LogP contribution in [0.1, 0.15) is 6.42 Å². The fourth-order valence-corrected chi connectivity index (χ4v) is 3.27. The highest BCUT2D eigenvalue weighted by atomic mass is 32.1. The minimum absolute atomic E-state index is 0.123. The van der Waals surface area contributed by atoms with Crippen LogP contribution < -0.4 is 10.9 Å². The third kappa shape index (κ3) is 3.72. The molecule has 3 heterocycles. The molecule has 0 aliphatic rings. The SMILES string of the molecule is O=C(CCn1cnc2ccccc2c1=O)Nc1nnc(-c2ccccn2)s1. The number of hydrogen-bond donors (Lipinski definition) is 1. The number of aromatic nitrogens is 5. The summed E-state index contributed by atoms with van der Waals surface area (Å²) >= 11 is 1.24. The lowest BCUT2D eigenvalue weighted by Gasteiger charge is -2.06. The van der Waals surface area contributed by atoms with Gasteiger partial charge in [0.25, 0.3) is 5.56 Å². The number of aryl methyl sites for hydroxylation is 1. The Morgan fingerprint density at radius 1 is 1.07 bits per heavy atom. The van der Waals surface area contributed by atoms with Gasteiger partial charge in [0.1, 0.15) is 5.69 Å². The second-order valence-corrected chi connectivity index (χ2v) is 6.66. The van der Waals surface area contributed by atoms with E-state index in [9.17, 15) is 9.59 Å². The van der Waals surface area contributed by atoms with E-state index in [1.807, 2.05) is 24.3 Å². The molecule has 1 amide bonds. The maximum absolute atomic E-state index is 12.4. The molecule has 0 aliphatic heterocycles. The van der Waals surface area contributed by atoms with E-state index in [0.717, 1.165) is 0 Å². The Labute approximate surface area is 157 Å². The maximum atomic E-state index is 12.4. The number of carbonyl (C=O) groups is 1. The van der Waals surface area contributed by atoms with Crippen molar-refractivity contribution in [2.24, 2.45) is 0 Å². The lowest BCUT2D eigenvalue weighted by atomic mass is 10.2. The van der Waals surface area contributed by atoms with E-state index in [1.54, 1.807) is 24.4 Å². The molecule has 1 aromatic carbocycles. The first-order valence-corrected chi connectivity index (χ1v) is 9.01. The molecular weight excluding hydrogens is 364 g/mol. The number of pyridine rings is 1. The molecular formula is C18H14N6O2S. The molecule has 1 N–H and O–H groups in total. The zero-order valence-corrected chi connectivity index (χ0v) is 14.9. The highest BCUT2D eigenvalue weighted by Crippen LogP contribution is 2.24. The molecule has 0 bridgehead atoms. The quantitative estimate of drug-likeness (QED) is 0.572. The molecule has 0 unspecified atom stereocenters. The van der Waals surface area contributed by atoms with E-state index in [-0.39, 0.29) is 24.4 Å². The second kappa shape index (κ2) is 7.42. The van der Waals surface area contributed by atoms with Crippen LogP contribution in [-0.2, 0) is 11.3 Å². The van der Waals surface area contributed by atoms with Crippen molar-refractivity contribution in [1.82, 2.24) is 24.7 Å². The van der Waals surface area contributed by atoms with Crippen LogP contribution in [0.3, 0.4) is 0 Å². The maximum Gasteiger partial charge on any atom is 0.261 e. The van der Waals surface area contributed by atoms with Gasteiger partial charge in [0.2, 0.25) is 11.0 Å². The zero-order valence-electron chi connectivity index (χ0n) is 14.1. The molecule has 0 fully saturated rings. The molecule has 8 nitrogen and oxygen atoms in total. The fourth-order valence-electron chi connectivity index (χ4n) is 2.54. The lowest BCUT2D eigenvalue weighted by Crippen LogP contribution is -2.23. The Kier molecular flexibility index (Phi) is 4.67. The number of benzene rings is 1. The van der Waals surface area contributed by atoms with Crippen LogP contribution in [0.25, 0.3) is 21.6 Å². The van der Waals surface area contributed by atoms with Gasteiger partial charge in [-0.2, -0.15) is 0 Å². The van der Waals surface area contributed by atoms with Gasteiger partial charge in [-0.25, -0.2) is 4.98 Å². The Bertz CT molecular complexity index is 1160. The standard InChI is InChI=1S/C18H14N6O2S/c25-15(21-18-23-22-16(27-18)14-7-3-4-9-19-14)8-10-24-11-20-13-6-2-1-5-12(13)17(24)26/h1-7,9,11H,8,10H2,(H,21,23,25). The van der Waals surface area contributed by atoms with Gasteiger partial charge in [-0.3, -0.25) is 19.1 Å². The van der Waals surface area contributed by atoms with Crippen LogP contribution in [0, 0.1) is 0 Å². The number of hydrogen-bond acceptors (Lipinski definition) is 7. The van der Waals surface area contributed by atoms with E-state index >= 15 is 0 Å². The largest absolute Gasteiger partial charge is 0.300 e. The average molecular weight is 378 g/mol. The van der Waals surface area contributed by atoms with Crippen LogP contribution in [0.5, 0.6) is 0 Å². The molecule has 4 aromatic rings. The van der Waals surface area contributed by atoms with E-state index < -0.39 is 0 Å². The fraction of sp³-hybridized carbons (Fsp3) is 0.111. The van der Waals surface area contributed by atoms with Gasteiger partial charge in [-0.1, -0.05) is 29.5 Å². The van der Waals surface area contributed by atoms with Crippen molar-refractivity contribution < 1.29 is 4.79 Å². The van der Waals surface area contributed by atoms with Crippen LogP contribution in [0.15, 0.2) is 59.8 Å². The average Bonchev–Trinajstić information content (AvgIpc) is 3.17. The molecule has 4 rings (SSSR count). The zero-order chi connectivity index (χ0) is 18.6. The van der Waals surface area contributed by atoms with Crippen molar-refractivity contribution in [2.75, 3.05) is 5.32 Å². The predicted octanol–water partition coefficient (Wildman–Crippen LogP) is 2.34. The van der Waals surface area contributed by atoms with Gasteiger partial charge >= 0.3 is 0 Å². The molecule has 0 atom stereocenters. The molecule has 134 valence electrons. The van der Waals surface area contributed by atoms with Gasteiger partial charge in [0.05, 0.1) is 17.2 Å². The molecule has 3 aromatic heterocycles. The number of nitrogens with zero attached hydrogens (tertiary/aromatic N) is 5. The number of para-hydroxylation sites is 1. The first kappa shape index (κ1) is 17.0. The van der Waals surface area contributed by atoms with Crippen molar-refractivity contribution in [1.29, 1.82) is 0 Å². The highest BCUT2D eigenvalue weighted by Gasteiger charge is 2.11. The van der Waals surface area contributed by atoms with Crippen molar-refractivity contribution in [3.8, 4) is 10.7 Å². The van der Waals surface area contributed by atoms with E-state index in [4.69, 9.17) is 0 Å². The van der Waals surface area contributed by atoms with Crippen molar-refractivity contribution in [3.63, 3.8) is 0 Å². The predicted molar refractivity (Wildman–Crippen MR) is 102 cm³/mol. The van der Waals surface area contributed by atoms with Crippen molar-refractivity contribution >= 4 is 33.3 Å². The number of carbonyl (C=O) groups excluding carboxylic acids is 1. The van der Waals surface area contributed by atoms with Crippen molar-refractivity contribution in [2.45, 2.75) is 13.0 Å². The summed E-state index contributed by atoms with van der Waals surface area (Å²) in [4.78, 5) is 33.1. The Morgan fingerprint density at radius 3 is 2.78 bits per heavy atom. The van der Waals surface area contributed by atoms with Gasteiger partial charge in [0, 0.05) is 19.2 Å². The number of fused-ring (bicyclic) bond motifs is 1. The molecule has 0 spiro atoms. The molecule has 27 heavy (non-hydrogen) atoms. The van der Waals surface area contributed by atoms with Gasteiger partial charge in [-0.15, -0.1) is 10.2 Å². The van der Waals surface area contributed by atoms with Crippen molar-refractivity contribution in [3.05, 3.63) is 65.3 Å². The molecule has 0 saturated heterocycles. The Hall–Kier alpha value is -3.46. The van der Waals surface area contributed by atoms with E-state index in [1.165, 1.54) is 22.2 Å². The van der Waals surface area contributed by atoms with Gasteiger partial charge < -0.3 is 5.32 Å². The van der Waals surface area contributed by atoms with E-state index in [0.29, 0.717) is 26.7 Å². The van der Waals surface area contributed by atoms with Crippen LogP contribution >= 0.6 is 11.3 Å². The van der Waals surface area contributed by atoms with Crippen LogP contribution in [0.4, 0.5) is 5.13 Å². The molecule has 9 heteroatoms. The smallest absolute Gasteiger partial charge is 0.261 e. The third-order valence-corrected chi connectivity index (χ3v) is 4.73. The summed E-state index contributed by atoms with van der Waals surface area (Å²) in [7, 11) is 0. The Morgan fingerprint density at radius 2 is 1.93 bits per heavy atom. The molecule has 0 radical (unpaired) electrons. The van der Waals surface area contributed by atoms with Crippen LogP contribution in [-0.4, -0.2) is 30.6 Å². The number of rotatable bonds is 5. The third-order valence-electron chi connectivity index (χ3n) is 3.87. The molecule has 0 aliphatic carbocycles. The summed E-state index contributed by atoms with van der Waals surface area (Å²) in [6.45, 7) is 0.231. The first-order chi connectivity index (χ1) is 13.2. The minimum atomic E-state index is -0.251. The number of nitrogens with one attached hydrogen (secondary N) is 1. The summed E-state index contributed by atoms with van der Waals surface area (Å²) in [6.07, 6.45) is 3.25. The topological polar surface area (TPSA) is 103 Å². The minimum Gasteiger partial charge on any atom is -0.300 e. The number of anilines is 1. The normalized spacial score (nSPS) is 10.8. The summed E-state index contributed by atoms with van der Waals surface area (Å²) < 4.78 is 1.43. The van der Waals surface area contributed by atoms with Crippen LogP contribution in [0.2, 0.25) is 0 Å². The lowest BCUT2D eigenvalue weighted by molar-refractivity contribution is -0.116. The summed E-state index contributed by atoms with van der Waals surface area (Å²) in [5.41, 5.74) is 1.17. The van der Waals surface area contributed by atoms with Gasteiger partial charge in [-0.05, 0) is 24.3 Å². The Balaban J connectivity index is 1.41. The summed E-state index contributed by atoms with van der Waals surface area (Å²) in [5.74, 6) is -0.251. The van der Waals surface area contributed by atoms with E-state index in [2.05, 4.69) is 25.5 Å². The molecule has 0 saturated carbocycles. The first-order valence-electron chi connectivity index (χ1n) is 8.19. The highest BCUT2D eigenvalue weighted by molar-refractivity contribution is 7.18. The number of amides is 1. The van der Waals surface area contributed by atoms with Gasteiger partial charge in [0.15, 0.2) is 5.01 Å².